The first-order valence-corrected chi connectivity index (χ1v) is 5.11. The molecule has 2 aliphatic carbocycles. The molecular weight excluding hydrogens is 148 g/mol. The smallest absolute Gasteiger partial charge is 0.0684 e. The number of hydrogen-bond acceptors (Lipinski definition) is 1. The van der Waals surface area contributed by atoms with Crippen molar-refractivity contribution in [2.45, 2.75) is 51.0 Å². The fourth-order valence-electron chi connectivity index (χ4n) is 2.75. The predicted molar refractivity (Wildman–Crippen MR) is 49.9 cm³/mol. The van der Waals surface area contributed by atoms with Gasteiger partial charge in [-0.15, -0.1) is 0 Å². The van der Waals surface area contributed by atoms with Gasteiger partial charge in [0, 0.05) is 5.92 Å². The SMILES string of the molecule is C[C@@]1(O)CCCC2=CCCC[C@@H]21. The first kappa shape index (κ1) is 8.31. The molecule has 0 saturated heterocycles. The Morgan fingerprint density at radius 2 is 2.33 bits per heavy atom. The standard InChI is InChI=1S/C11H18O/c1-11(12)8-4-6-9-5-2-3-7-10(9)11/h5,10,12H,2-4,6-8H2,1H3/t10-,11+/m0/s1. The molecule has 0 bridgehead atoms. The predicted octanol–water partition coefficient (Wildman–Crippen LogP) is 2.65. The summed E-state index contributed by atoms with van der Waals surface area (Å²) < 4.78 is 0. The van der Waals surface area contributed by atoms with Crippen LogP contribution in [-0.4, -0.2) is 10.7 Å². The fraction of sp³-hybridized carbons (Fsp3) is 0.818. The average molecular weight is 166 g/mol. The van der Waals surface area contributed by atoms with E-state index in [0.717, 1.165) is 6.42 Å². The summed E-state index contributed by atoms with van der Waals surface area (Å²) in [5.41, 5.74) is 1.14. The second kappa shape index (κ2) is 2.88. The lowest BCUT2D eigenvalue weighted by atomic mass is 9.69. The van der Waals surface area contributed by atoms with Gasteiger partial charge in [0.05, 0.1) is 5.60 Å². The lowest BCUT2D eigenvalue weighted by molar-refractivity contribution is -0.0147. The highest BCUT2D eigenvalue weighted by Crippen LogP contribution is 2.42. The van der Waals surface area contributed by atoms with Crippen LogP contribution in [0.2, 0.25) is 0 Å². The molecule has 0 spiro atoms. The number of aliphatic hydroxyl groups is 1. The Morgan fingerprint density at radius 1 is 1.50 bits per heavy atom. The van der Waals surface area contributed by atoms with Crippen molar-refractivity contribution in [1.29, 1.82) is 0 Å². The number of allylic oxidation sites excluding steroid dienone is 1. The molecule has 0 aromatic heterocycles. The molecule has 0 aliphatic heterocycles. The van der Waals surface area contributed by atoms with Crippen LogP contribution in [0.4, 0.5) is 0 Å². The monoisotopic (exact) mass is 166 g/mol. The van der Waals surface area contributed by atoms with Crippen LogP contribution in [0.1, 0.15) is 45.4 Å². The molecule has 0 amide bonds. The minimum absolute atomic E-state index is 0.398. The largest absolute Gasteiger partial charge is 0.390 e. The van der Waals surface area contributed by atoms with Gasteiger partial charge in [-0.25, -0.2) is 0 Å². The molecule has 12 heavy (non-hydrogen) atoms. The summed E-state index contributed by atoms with van der Waals surface area (Å²) in [5.74, 6) is 0.486. The van der Waals surface area contributed by atoms with Gasteiger partial charge in [-0.3, -0.25) is 0 Å². The highest BCUT2D eigenvalue weighted by Gasteiger charge is 2.37. The van der Waals surface area contributed by atoms with Gasteiger partial charge < -0.3 is 5.11 Å². The summed E-state index contributed by atoms with van der Waals surface area (Å²) in [5, 5.41) is 10.1. The Bertz CT molecular complexity index is 203. The van der Waals surface area contributed by atoms with Crippen molar-refractivity contribution in [2.24, 2.45) is 5.92 Å². The first-order valence-electron chi connectivity index (χ1n) is 5.11. The molecule has 68 valence electrons. The Morgan fingerprint density at radius 3 is 3.08 bits per heavy atom. The third-order valence-electron chi connectivity index (χ3n) is 3.45. The Kier molecular flexibility index (Phi) is 1.99. The van der Waals surface area contributed by atoms with Gasteiger partial charge in [0.2, 0.25) is 0 Å². The summed E-state index contributed by atoms with van der Waals surface area (Å²) in [6, 6.07) is 0. The maximum absolute atomic E-state index is 10.1. The molecule has 1 saturated carbocycles. The lowest BCUT2D eigenvalue weighted by Crippen LogP contribution is -2.39. The maximum Gasteiger partial charge on any atom is 0.0684 e. The molecule has 0 aromatic rings. The Balaban J connectivity index is 2.22. The van der Waals surface area contributed by atoms with Gasteiger partial charge in [-0.05, 0) is 45.4 Å². The molecule has 1 fully saturated rings. The van der Waals surface area contributed by atoms with E-state index in [1.807, 2.05) is 6.92 Å². The maximum atomic E-state index is 10.1. The topological polar surface area (TPSA) is 20.2 Å². The second-order valence-electron chi connectivity index (χ2n) is 4.47. The van der Waals surface area contributed by atoms with E-state index in [-0.39, 0.29) is 0 Å². The molecule has 0 radical (unpaired) electrons. The number of rotatable bonds is 0. The van der Waals surface area contributed by atoms with Crippen molar-refractivity contribution in [1.82, 2.24) is 0 Å². The van der Waals surface area contributed by atoms with E-state index in [9.17, 15) is 5.11 Å². The van der Waals surface area contributed by atoms with Crippen molar-refractivity contribution in [3.05, 3.63) is 11.6 Å². The Labute approximate surface area is 74.5 Å². The Hall–Kier alpha value is -0.300. The van der Waals surface area contributed by atoms with Crippen molar-refractivity contribution >= 4 is 0 Å². The zero-order valence-corrected chi connectivity index (χ0v) is 7.84. The van der Waals surface area contributed by atoms with E-state index in [1.54, 1.807) is 0 Å². The van der Waals surface area contributed by atoms with Gasteiger partial charge in [-0.2, -0.15) is 0 Å². The van der Waals surface area contributed by atoms with E-state index < -0.39 is 5.60 Å². The summed E-state index contributed by atoms with van der Waals surface area (Å²) in [4.78, 5) is 0. The molecule has 1 heteroatoms. The third-order valence-corrected chi connectivity index (χ3v) is 3.45. The van der Waals surface area contributed by atoms with Crippen LogP contribution in [0, 0.1) is 5.92 Å². The van der Waals surface area contributed by atoms with Gasteiger partial charge in [0.25, 0.3) is 0 Å². The van der Waals surface area contributed by atoms with E-state index in [0.29, 0.717) is 5.92 Å². The van der Waals surface area contributed by atoms with Crippen LogP contribution < -0.4 is 0 Å². The van der Waals surface area contributed by atoms with E-state index in [1.165, 1.54) is 37.7 Å². The molecule has 2 atom stereocenters. The third kappa shape index (κ3) is 1.31. The molecule has 0 unspecified atom stereocenters. The summed E-state index contributed by atoms with van der Waals surface area (Å²) in [7, 11) is 0. The van der Waals surface area contributed by atoms with Gasteiger partial charge in [-0.1, -0.05) is 11.6 Å². The van der Waals surface area contributed by atoms with Crippen LogP contribution in [0.3, 0.4) is 0 Å². The van der Waals surface area contributed by atoms with E-state index >= 15 is 0 Å². The minimum Gasteiger partial charge on any atom is -0.390 e. The average Bonchev–Trinajstić information content (AvgIpc) is 2.04. The van der Waals surface area contributed by atoms with Crippen molar-refractivity contribution < 1.29 is 5.11 Å². The first-order chi connectivity index (χ1) is 5.70. The summed E-state index contributed by atoms with van der Waals surface area (Å²) >= 11 is 0. The quantitative estimate of drug-likeness (QED) is 0.548. The number of hydrogen-bond donors (Lipinski definition) is 1. The van der Waals surface area contributed by atoms with Crippen molar-refractivity contribution in [2.75, 3.05) is 0 Å². The second-order valence-corrected chi connectivity index (χ2v) is 4.47. The molecule has 1 nitrogen and oxygen atoms in total. The highest BCUT2D eigenvalue weighted by molar-refractivity contribution is 5.17. The fourth-order valence-corrected chi connectivity index (χ4v) is 2.75. The van der Waals surface area contributed by atoms with Crippen molar-refractivity contribution in [3.63, 3.8) is 0 Å². The van der Waals surface area contributed by atoms with Crippen LogP contribution in [-0.2, 0) is 0 Å². The van der Waals surface area contributed by atoms with Gasteiger partial charge in [0.1, 0.15) is 0 Å². The van der Waals surface area contributed by atoms with E-state index in [2.05, 4.69) is 6.08 Å². The minimum atomic E-state index is -0.398. The number of fused-ring (bicyclic) bond motifs is 1. The lowest BCUT2D eigenvalue weighted by Gasteiger charge is -2.41. The summed E-state index contributed by atoms with van der Waals surface area (Å²) in [6.45, 7) is 2.01. The normalized spacial score (nSPS) is 41.8. The van der Waals surface area contributed by atoms with Crippen LogP contribution in [0.15, 0.2) is 11.6 Å². The summed E-state index contributed by atoms with van der Waals surface area (Å²) in [6.07, 6.45) is 9.48. The van der Waals surface area contributed by atoms with Crippen molar-refractivity contribution in [3.8, 4) is 0 Å². The molecular formula is C11H18O. The molecule has 0 heterocycles. The highest BCUT2D eigenvalue weighted by atomic mass is 16.3. The zero-order valence-electron chi connectivity index (χ0n) is 7.84. The van der Waals surface area contributed by atoms with E-state index in [4.69, 9.17) is 0 Å². The molecule has 2 rings (SSSR count). The van der Waals surface area contributed by atoms with Crippen LogP contribution in [0.25, 0.3) is 0 Å². The molecule has 0 aromatic carbocycles. The molecule has 2 aliphatic rings. The molecule has 1 N–H and O–H groups in total. The van der Waals surface area contributed by atoms with Crippen LogP contribution >= 0.6 is 0 Å². The van der Waals surface area contributed by atoms with Gasteiger partial charge in [0.15, 0.2) is 0 Å². The van der Waals surface area contributed by atoms with Gasteiger partial charge >= 0.3 is 0 Å². The zero-order chi connectivity index (χ0) is 8.60. The van der Waals surface area contributed by atoms with Crippen LogP contribution in [0.5, 0.6) is 0 Å².